The van der Waals surface area contributed by atoms with Gasteiger partial charge in [-0.15, -0.1) is 0 Å². The molecule has 1 aromatic carbocycles. The number of nitrogens with zero attached hydrogens (tertiary/aromatic N) is 2. The Labute approximate surface area is 129 Å². The summed E-state index contributed by atoms with van der Waals surface area (Å²) in [7, 11) is -3.34. The molecule has 0 atom stereocenters. The second-order valence-electron chi connectivity index (χ2n) is 5.88. The molecule has 0 spiro atoms. The van der Waals surface area contributed by atoms with E-state index in [0.29, 0.717) is 11.4 Å². The minimum absolute atomic E-state index is 0.0973. The lowest BCUT2D eigenvalue weighted by Gasteiger charge is -2.16. The van der Waals surface area contributed by atoms with Crippen LogP contribution in [-0.2, 0) is 15.6 Å². The third-order valence-electron chi connectivity index (χ3n) is 3.13. The van der Waals surface area contributed by atoms with Crippen LogP contribution in [0.25, 0.3) is 5.69 Å². The van der Waals surface area contributed by atoms with Gasteiger partial charge in [0.25, 0.3) is 0 Å². The van der Waals surface area contributed by atoms with Gasteiger partial charge in [0.05, 0.1) is 28.5 Å². The van der Waals surface area contributed by atoms with Gasteiger partial charge in [-0.25, -0.2) is 17.5 Å². The topological polar surface area (TPSA) is 72.2 Å². The third-order valence-corrected chi connectivity index (χ3v) is 4.69. The molecule has 0 unspecified atom stereocenters. The van der Waals surface area contributed by atoms with E-state index in [4.69, 9.17) is 0 Å². The molecule has 0 bridgehead atoms. The van der Waals surface area contributed by atoms with Crippen molar-refractivity contribution in [3.63, 3.8) is 0 Å². The first-order chi connectivity index (χ1) is 10.1. The summed E-state index contributed by atoms with van der Waals surface area (Å²) < 4.78 is 38.4. The van der Waals surface area contributed by atoms with Crippen LogP contribution in [0.3, 0.4) is 0 Å². The quantitative estimate of drug-likeness (QED) is 0.882. The van der Waals surface area contributed by atoms with Crippen LogP contribution in [-0.4, -0.2) is 34.7 Å². The van der Waals surface area contributed by atoms with Crippen LogP contribution < -0.4 is 0 Å². The molecule has 0 aliphatic carbocycles. The van der Waals surface area contributed by atoms with E-state index in [1.165, 1.54) is 16.8 Å². The summed E-state index contributed by atoms with van der Waals surface area (Å²) in [6.07, 6.45) is 1.81. The molecule has 0 saturated heterocycles. The van der Waals surface area contributed by atoms with Crippen LogP contribution in [0.15, 0.2) is 36.5 Å². The standard InChI is InChI=1S/C15H19FN2O3S/c1-15(2,19)8-10-22(20,21)11-13-7-9-18(17-13)14-5-3-12(16)4-6-14/h3-7,9,19H,8,10-11H2,1-2H3. The maximum atomic E-state index is 12.9. The van der Waals surface area contributed by atoms with Crippen LogP contribution >= 0.6 is 0 Å². The summed E-state index contributed by atoms with van der Waals surface area (Å²) >= 11 is 0. The van der Waals surface area contributed by atoms with Gasteiger partial charge in [-0.2, -0.15) is 5.10 Å². The van der Waals surface area contributed by atoms with E-state index in [1.807, 2.05) is 0 Å². The van der Waals surface area contributed by atoms with E-state index in [-0.39, 0.29) is 23.7 Å². The zero-order valence-corrected chi connectivity index (χ0v) is 13.3. The number of aliphatic hydroxyl groups is 1. The fraction of sp³-hybridized carbons (Fsp3) is 0.400. The Morgan fingerprint density at radius 3 is 2.45 bits per heavy atom. The lowest BCUT2D eigenvalue weighted by atomic mass is 10.1. The van der Waals surface area contributed by atoms with Crippen molar-refractivity contribution in [2.45, 2.75) is 31.6 Å². The average molecular weight is 326 g/mol. The zero-order chi connectivity index (χ0) is 16.4. The normalized spacial score (nSPS) is 12.5. The Kier molecular flexibility index (Phi) is 4.67. The second kappa shape index (κ2) is 6.18. The molecule has 1 aromatic heterocycles. The highest BCUT2D eigenvalue weighted by molar-refractivity contribution is 7.90. The SMILES string of the molecule is CC(C)(O)CCS(=O)(=O)Cc1ccn(-c2ccc(F)cc2)n1. The highest BCUT2D eigenvalue weighted by Gasteiger charge is 2.20. The molecule has 7 heteroatoms. The number of halogens is 1. The molecule has 1 N–H and O–H groups in total. The third kappa shape index (κ3) is 4.92. The summed E-state index contributed by atoms with van der Waals surface area (Å²) in [5.74, 6) is -0.623. The van der Waals surface area contributed by atoms with E-state index in [1.54, 1.807) is 38.2 Å². The number of hydrogen-bond acceptors (Lipinski definition) is 4. The van der Waals surface area contributed by atoms with Gasteiger partial charge in [-0.3, -0.25) is 0 Å². The summed E-state index contributed by atoms with van der Waals surface area (Å²) in [5.41, 5.74) is 0.0576. The Morgan fingerprint density at radius 1 is 1.23 bits per heavy atom. The predicted molar refractivity (Wildman–Crippen MR) is 81.9 cm³/mol. The lowest BCUT2D eigenvalue weighted by Crippen LogP contribution is -2.24. The molecule has 120 valence electrons. The van der Waals surface area contributed by atoms with Gasteiger partial charge >= 0.3 is 0 Å². The number of benzene rings is 1. The van der Waals surface area contributed by atoms with Crippen molar-refractivity contribution >= 4 is 9.84 Å². The van der Waals surface area contributed by atoms with Crippen LogP contribution in [0.1, 0.15) is 26.0 Å². The largest absolute Gasteiger partial charge is 0.390 e. The first-order valence-electron chi connectivity index (χ1n) is 6.88. The number of rotatable bonds is 6. The van der Waals surface area contributed by atoms with E-state index < -0.39 is 15.4 Å². The molecule has 0 amide bonds. The van der Waals surface area contributed by atoms with Crippen LogP contribution in [0, 0.1) is 5.82 Å². The maximum absolute atomic E-state index is 12.9. The average Bonchev–Trinajstić information content (AvgIpc) is 2.84. The molecule has 0 aliphatic heterocycles. The van der Waals surface area contributed by atoms with Crippen LogP contribution in [0.2, 0.25) is 0 Å². The molecule has 0 radical (unpaired) electrons. The van der Waals surface area contributed by atoms with Gasteiger partial charge in [0, 0.05) is 6.20 Å². The van der Waals surface area contributed by atoms with Crippen molar-refractivity contribution in [2.24, 2.45) is 0 Å². The Morgan fingerprint density at radius 2 is 1.86 bits per heavy atom. The monoisotopic (exact) mass is 326 g/mol. The number of aromatic nitrogens is 2. The molecule has 1 heterocycles. The Bertz CT molecular complexity index is 731. The Hall–Kier alpha value is -1.73. The van der Waals surface area contributed by atoms with Crippen LogP contribution in [0.4, 0.5) is 4.39 Å². The minimum atomic E-state index is -3.34. The lowest BCUT2D eigenvalue weighted by molar-refractivity contribution is 0.0772. The summed E-state index contributed by atoms with van der Waals surface area (Å²) in [6.45, 7) is 3.15. The van der Waals surface area contributed by atoms with Crippen molar-refractivity contribution in [1.82, 2.24) is 9.78 Å². The molecular weight excluding hydrogens is 307 g/mol. The molecule has 0 saturated carbocycles. The zero-order valence-electron chi connectivity index (χ0n) is 12.5. The smallest absolute Gasteiger partial charge is 0.156 e. The second-order valence-corrected chi connectivity index (χ2v) is 8.07. The van der Waals surface area contributed by atoms with Gasteiger partial charge in [-0.1, -0.05) is 0 Å². The molecule has 0 aliphatic rings. The molecule has 2 aromatic rings. The molecule has 22 heavy (non-hydrogen) atoms. The van der Waals surface area contributed by atoms with E-state index in [9.17, 15) is 17.9 Å². The highest BCUT2D eigenvalue weighted by atomic mass is 32.2. The fourth-order valence-electron chi connectivity index (χ4n) is 1.88. The molecule has 0 fully saturated rings. The van der Waals surface area contributed by atoms with Crippen molar-refractivity contribution in [3.05, 3.63) is 48.0 Å². The van der Waals surface area contributed by atoms with Gasteiger partial charge in [0.1, 0.15) is 5.82 Å². The first kappa shape index (κ1) is 16.6. The van der Waals surface area contributed by atoms with Crippen molar-refractivity contribution in [1.29, 1.82) is 0 Å². The summed E-state index contributed by atoms with van der Waals surface area (Å²) in [6, 6.07) is 7.38. The number of sulfone groups is 1. The predicted octanol–water partition coefficient (Wildman–Crippen LogP) is 2.09. The van der Waals surface area contributed by atoms with E-state index >= 15 is 0 Å². The minimum Gasteiger partial charge on any atom is -0.390 e. The van der Waals surface area contributed by atoms with E-state index in [2.05, 4.69) is 5.10 Å². The first-order valence-corrected chi connectivity index (χ1v) is 8.70. The highest BCUT2D eigenvalue weighted by Crippen LogP contribution is 2.14. The summed E-state index contributed by atoms with van der Waals surface area (Å²) in [5, 5.41) is 13.8. The Balaban J connectivity index is 2.07. The van der Waals surface area contributed by atoms with Crippen molar-refractivity contribution < 1.29 is 17.9 Å². The fourth-order valence-corrected chi connectivity index (χ4v) is 3.44. The van der Waals surface area contributed by atoms with Gasteiger partial charge < -0.3 is 5.11 Å². The van der Waals surface area contributed by atoms with Crippen LogP contribution in [0.5, 0.6) is 0 Å². The summed E-state index contributed by atoms with van der Waals surface area (Å²) in [4.78, 5) is 0. The van der Waals surface area contributed by atoms with Crippen molar-refractivity contribution in [3.8, 4) is 5.69 Å². The van der Waals surface area contributed by atoms with Gasteiger partial charge in [0.2, 0.25) is 0 Å². The van der Waals surface area contributed by atoms with E-state index in [0.717, 1.165) is 0 Å². The molecular formula is C15H19FN2O3S. The van der Waals surface area contributed by atoms with Crippen molar-refractivity contribution in [2.75, 3.05) is 5.75 Å². The van der Waals surface area contributed by atoms with Gasteiger partial charge in [0.15, 0.2) is 9.84 Å². The molecule has 2 rings (SSSR count). The molecule has 5 nitrogen and oxygen atoms in total. The van der Waals surface area contributed by atoms with Gasteiger partial charge in [-0.05, 0) is 50.6 Å². The number of hydrogen-bond donors (Lipinski definition) is 1. The maximum Gasteiger partial charge on any atom is 0.156 e.